The van der Waals surface area contributed by atoms with Crippen LogP contribution in [-0.2, 0) is 23.9 Å². The molecule has 1 aromatic carbocycles. The van der Waals surface area contributed by atoms with E-state index in [2.05, 4.69) is 13.8 Å². The normalized spacial score (nSPS) is 12.5. The number of carbonyl (C=O) groups excluding carboxylic acids is 3. The van der Waals surface area contributed by atoms with Crippen molar-refractivity contribution in [1.82, 2.24) is 0 Å². The predicted molar refractivity (Wildman–Crippen MR) is 275 cm³/mol. The number of carbonyl (C=O) groups is 3. The van der Waals surface area contributed by atoms with Crippen LogP contribution in [0.1, 0.15) is 289 Å². The maximum atomic E-state index is 13.4. The smallest absolute Gasteiger partial charge is 0.334 e. The first kappa shape index (κ1) is 59.5. The molecule has 0 aliphatic carbocycles. The Morgan fingerprint density at radius 1 is 0.438 bits per heavy atom. The molecule has 0 bridgehead atoms. The minimum atomic E-state index is -1.94. The van der Waals surface area contributed by atoms with Gasteiger partial charge >= 0.3 is 11.9 Å². The highest BCUT2D eigenvalue weighted by atomic mass is 16.5. The van der Waals surface area contributed by atoms with Crippen molar-refractivity contribution in [3.8, 4) is 0 Å². The molecule has 64 heavy (non-hydrogen) atoms. The maximum Gasteiger partial charge on any atom is 0.334 e. The first-order valence-corrected chi connectivity index (χ1v) is 27.8. The summed E-state index contributed by atoms with van der Waals surface area (Å²) in [5.74, 6) is -1.77. The molecule has 0 radical (unpaired) electrons. The molecule has 0 saturated carbocycles. The minimum Gasteiger partial charge on any atom is -0.466 e. The fraction of sp³-hybridized carbons (Fsp3) is 0.810. The van der Waals surface area contributed by atoms with Crippen molar-refractivity contribution in [2.24, 2.45) is 5.73 Å². The Morgan fingerprint density at radius 3 is 1.06 bits per heavy atom. The summed E-state index contributed by atoms with van der Waals surface area (Å²) in [6, 6.07) is 9.41. The summed E-state index contributed by atoms with van der Waals surface area (Å²) in [6.45, 7) is 5.13. The highest BCUT2D eigenvalue weighted by molar-refractivity contribution is 6.14. The predicted octanol–water partition coefficient (Wildman–Crippen LogP) is 17.5. The zero-order chi connectivity index (χ0) is 46.3. The number of nitrogens with two attached hydrogens (primary N) is 1. The highest BCUT2D eigenvalue weighted by Gasteiger charge is 2.42. The molecule has 0 saturated heterocycles. The number of ether oxygens (including phenoxy) is 2. The van der Waals surface area contributed by atoms with E-state index in [0.717, 1.165) is 44.1 Å². The van der Waals surface area contributed by atoms with Gasteiger partial charge < -0.3 is 15.2 Å². The van der Waals surface area contributed by atoms with E-state index in [1.165, 1.54) is 224 Å². The summed E-state index contributed by atoms with van der Waals surface area (Å²) < 4.78 is 11.1. The van der Waals surface area contributed by atoms with Gasteiger partial charge in [0.1, 0.15) is 0 Å². The summed E-state index contributed by atoms with van der Waals surface area (Å²) in [4.78, 5) is 39.4. The van der Waals surface area contributed by atoms with Crippen LogP contribution in [0.25, 0.3) is 6.08 Å². The minimum absolute atomic E-state index is 0.116. The Hall–Kier alpha value is -2.47. The van der Waals surface area contributed by atoms with Crippen LogP contribution in [0.5, 0.6) is 0 Å². The fourth-order valence-electron chi connectivity index (χ4n) is 8.78. The van der Waals surface area contributed by atoms with Gasteiger partial charge in [-0.3, -0.25) is 9.59 Å². The number of rotatable bonds is 49. The molecule has 0 fully saturated rings. The van der Waals surface area contributed by atoms with Gasteiger partial charge in [-0.1, -0.05) is 294 Å². The van der Waals surface area contributed by atoms with Gasteiger partial charge in [0.2, 0.25) is 0 Å². The molecule has 6 heteroatoms. The molecule has 0 amide bonds. The lowest BCUT2D eigenvalue weighted by Crippen LogP contribution is -2.55. The number of hydrogen-bond acceptors (Lipinski definition) is 6. The monoisotopic (exact) mass is 894 g/mol. The van der Waals surface area contributed by atoms with Crippen LogP contribution in [0, 0.1) is 0 Å². The Balaban J connectivity index is 2.17. The maximum absolute atomic E-state index is 13.4. The molecule has 1 aromatic rings. The molecule has 2 N–H and O–H groups in total. The van der Waals surface area contributed by atoms with Gasteiger partial charge in [0, 0.05) is 6.42 Å². The first-order chi connectivity index (χ1) is 31.4. The fourth-order valence-corrected chi connectivity index (χ4v) is 8.78. The third-order valence-electron chi connectivity index (χ3n) is 13.2. The van der Waals surface area contributed by atoms with Crippen LogP contribution >= 0.6 is 0 Å². The Morgan fingerprint density at radius 2 is 0.734 bits per heavy atom. The van der Waals surface area contributed by atoms with E-state index >= 15 is 0 Å². The van der Waals surface area contributed by atoms with E-state index in [1.807, 2.05) is 30.3 Å². The summed E-state index contributed by atoms with van der Waals surface area (Å²) in [5.41, 5.74) is 5.40. The van der Waals surface area contributed by atoms with Crippen molar-refractivity contribution >= 4 is 23.8 Å². The SMILES string of the molecule is CCCCCCCCCCCCCCCCCCCCCCOC(=O)CC[C@@](N)(C(=O)/C=C/c1ccccc1)C(=O)OCCCCCCCCCCCCCCCCCCCCCC. The average molecular weight is 894 g/mol. The topological polar surface area (TPSA) is 95.7 Å². The van der Waals surface area contributed by atoms with Gasteiger partial charge in [-0.05, 0) is 30.9 Å². The van der Waals surface area contributed by atoms with Crippen LogP contribution in [0.2, 0.25) is 0 Å². The number of esters is 2. The number of unbranched alkanes of at least 4 members (excludes halogenated alkanes) is 38. The zero-order valence-corrected chi connectivity index (χ0v) is 42.3. The number of ketones is 1. The molecule has 0 unspecified atom stereocenters. The molecule has 370 valence electrons. The van der Waals surface area contributed by atoms with Gasteiger partial charge in [0.25, 0.3) is 0 Å². The van der Waals surface area contributed by atoms with Crippen molar-refractivity contribution in [3.63, 3.8) is 0 Å². The van der Waals surface area contributed by atoms with E-state index in [4.69, 9.17) is 15.2 Å². The van der Waals surface area contributed by atoms with Crippen molar-refractivity contribution in [1.29, 1.82) is 0 Å². The van der Waals surface area contributed by atoms with E-state index in [1.54, 1.807) is 6.08 Å². The third-order valence-corrected chi connectivity index (χ3v) is 13.2. The Labute approximate surface area is 396 Å². The lowest BCUT2D eigenvalue weighted by molar-refractivity contribution is -0.154. The second-order valence-corrected chi connectivity index (χ2v) is 19.4. The molecular formula is C58H103NO5. The summed E-state index contributed by atoms with van der Waals surface area (Å²) in [7, 11) is 0. The zero-order valence-electron chi connectivity index (χ0n) is 42.3. The lowest BCUT2D eigenvalue weighted by Gasteiger charge is -2.24. The van der Waals surface area contributed by atoms with Crippen molar-refractivity contribution in [3.05, 3.63) is 42.0 Å². The second kappa shape index (κ2) is 45.7. The van der Waals surface area contributed by atoms with E-state index in [-0.39, 0.29) is 19.4 Å². The molecule has 0 spiro atoms. The lowest BCUT2D eigenvalue weighted by atomic mass is 9.89. The quantitative estimate of drug-likeness (QED) is 0.0303. The highest BCUT2D eigenvalue weighted by Crippen LogP contribution is 2.20. The van der Waals surface area contributed by atoms with Crippen LogP contribution < -0.4 is 5.73 Å². The third kappa shape index (κ3) is 36.7. The Kier molecular flexibility index (Phi) is 42.5. The summed E-state index contributed by atoms with van der Waals surface area (Å²) in [6.07, 6.45) is 55.2. The summed E-state index contributed by atoms with van der Waals surface area (Å²) in [5, 5.41) is 0. The number of hydrogen-bond donors (Lipinski definition) is 1. The van der Waals surface area contributed by atoms with Gasteiger partial charge in [-0.15, -0.1) is 0 Å². The largest absolute Gasteiger partial charge is 0.466 e. The van der Waals surface area contributed by atoms with Gasteiger partial charge in [0.15, 0.2) is 11.3 Å². The van der Waals surface area contributed by atoms with E-state index in [9.17, 15) is 14.4 Å². The first-order valence-electron chi connectivity index (χ1n) is 27.8. The molecule has 0 heterocycles. The van der Waals surface area contributed by atoms with Crippen molar-refractivity contribution in [2.75, 3.05) is 13.2 Å². The molecule has 0 aliphatic rings. The number of benzene rings is 1. The van der Waals surface area contributed by atoms with Crippen LogP contribution in [0.4, 0.5) is 0 Å². The second-order valence-electron chi connectivity index (χ2n) is 19.4. The van der Waals surface area contributed by atoms with Crippen LogP contribution in [0.15, 0.2) is 36.4 Å². The van der Waals surface area contributed by atoms with Crippen molar-refractivity contribution in [2.45, 2.75) is 289 Å². The van der Waals surface area contributed by atoms with Crippen molar-refractivity contribution < 1.29 is 23.9 Å². The van der Waals surface area contributed by atoms with E-state index in [0.29, 0.717) is 6.61 Å². The summed E-state index contributed by atoms with van der Waals surface area (Å²) >= 11 is 0. The molecule has 6 nitrogen and oxygen atoms in total. The molecule has 1 rings (SSSR count). The molecule has 0 aromatic heterocycles. The average Bonchev–Trinajstić information content (AvgIpc) is 3.31. The molecule has 1 atom stereocenters. The van der Waals surface area contributed by atoms with E-state index < -0.39 is 23.3 Å². The van der Waals surface area contributed by atoms with Crippen LogP contribution in [-0.4, -0.2) is 36.5 Å². The Bertz CT molecular complexity index is 1220. The van der Waals surface area contributed by atoms with Gasteiger partial charge in [0.05, 0.1) is 13.2 Å². The molecular weight excluding hydrogens is 791 g/mol. The van der Waals surface area contributed by atoms with Gasteiger partial charge in [-0.2, -0.15) is 0 Å². The van der Waals surface area contributed by atoms with Gasteiger partial charge in [-0.25, -0.2) is 4.79 Å². The standard InChI is InChI=1S/C58H103NO5/c1-3-5-7-9-11-13-15-17-19-21-23-25-27-29-31-33-35-37-39-44-52-63-56(61)50-51-58(59,55(60)49-48-54-46-42-41-43-47-54)57(62)64-53-45-40-38-36-34-32-30-28-26-24-22-20-18-16-14-12-10-8-6-4-2/h41-43,46-49H,3-40,44-45,50-53,59H2,1-2H3/b49-48+/t58-/m1/s1. The molecule has 0 aliphatic heterocycles. The van der Waals surface area contributed by atoms with Crippen LogP contribution in [0.3, 0.4) is 0 Å².